The molecule has 0 aliphatic carbocycles. The second-order valence-corrected chi connectivity index (χ2v) is 7.28. The third-order valence-electron chi connectivity index (χ3n) is 4.64. The second kappa shape index (κ2) is 8.63. The number of halogens is 1. The van der Waals surface area contributed by atoms with Crippen LogP contribution in [0.5, 0.6) is 5.75 Å². The minimum Gasteiger partial charge on any atom is -0.495 e. The zero-order valence-corrected chi connectivity index (χ0v) is 17.5. The smallest absolute Gasteiger partial charge is 0.255 e. The van der Waals surface area contributed by atoms with E-state index < -0.39 is 6.04 Å². The van der Waals surface area contributed by atoms with E-state index in [0.717, 1.165) is 17.7 Å². The van der Waals surface area contributed by atoms with Crippen molar-refractivity contribution in [3.8, 4) is 5.75 Å². The third kappa shape index (κ3) is 4.29. The maximum Gasteiger partial charge on any atom is 0.255 e. The fraction of sp³-hybridized carbons (Fsp3) is 0.238. The van der Waals surface area contributed by atoms with E-state index in [1.807, 2.05) is 37.3 Å². The summed E-state index contributed by atoms with van der Waals surface area (Å²) in [5, 5.41) is 10.1. The van der Waals surface area contributed by atoms with Gasteiger partial charge in [0.05, 0.1) is 23.7 Å². The van der Waals surface area contributed by atoms with Crippen molar-refractivity contribution in [2.75, 3.05) is 12.4 Å². The molecule has 3 N–H and O–H groups in total. The number of amides is 1. The summed E-state index contributed by atoms with van der Waals surface area (Å²) in [6.45, 7) is 3.93. The number of methoxy groups -OCH3 is 1. The first-order chi connectivity index (χ1) is 13.4. The standard InChI is InChI=1S/C21H22ClN3O2S/c1-4-13-5-8-15(9-6-13)24-20(26)18-12(2)23-21(28)25-19(18)14-7-10-17(27-3)16(22)11-14/h5-11,19H,4H2,1-3H3,(H,24,26)(H2,23,25,28)/t19-/m1/s1. The van der Waals surface area contributed by atoms with Gasteiger partial charge in [0.2, 0.25) is 0 Å². The van der Waals surface area contributed by atoms with Crippen molar-refractivity contribution in [3.05, 3.63) is 69.9 Å². The number of ether oxygens (including phenoxy) is 1. The Morgan fingerprint density at radius 3 is 2.57 bits per heavy atom. The van der Waals surface area contributed by atoms with Gasteiger partial charge in [-0.15, -0.1) is 0 Å². The van der Waals surface area contributed by atoms with Gasteiger partial charge in [0.15, 0.2) is 5.11 Å². The number of hydrogen-bond donors (Lipinski definition) is 3. The van der Waals surface area contributed by atoms with Gasteiger partial charge in [0, 0.05) is 11.4 Å². The first kappa shape index (κ1) is 20.2. The zero-order valence-electron chi connectivity index (χ0n) is 15.9. The molecule has 0 aromatic heterocycles. The van der Waals surface area contributed by atoms with Crippen molar-refractivity contribution in [2.24, 2.45) is 0 Å². The Hall–Kier alpha value is -2.57. The maximum absolute atomic E-state index is 13.1. The van der Waals surface area contributed by atoms with Crippen molar-refractivity contribution < 1.29 is 9.53 Å². The first-order valence-corrected chi connectivity index (χ1v) is 9.73. The SMILES string of the molecule is CCc1ccc(NC(=O)C2=C(C)NC(=S)N[C@@H]2c2ccc(OC)c(Cl)c2)cc1. The second-order valence-electron chi connectivity index (χ2n) is 6.47. The molecule has 0 radical (unpaired) electrons. The van der Waals surface area contributed by atoms with Crippen molar-refractivity contribution in [1.29, 1.82) is 0 Å². The van der Waals surface area contributed by atoms with E-state index in [-0.39, 0.29) is 5.91 Å². The number of rotatable bonds is 5. The number of hydrogen-bond acceptors (Lipinski definition) is 3. The molecule has 7 heteroatoms. The Morgan fingerprint density at radius 1 is 1.25 bits per heavy atom. The number of allylic oxidation sites excluding steroid dienone is 1. The summed E-state index contributed by atoms with van der Waals surface area (Å²) in [7, 11) is 1.56. The lowest BCUT2D eigenvalue weighted by molar-refractivity contribution is -0.113. The molecule has 0 unspecified atom stereocenters. The number of aryl methyl sites for hydroxylation is 1. The van der Waals surface area contributed by atoms with Gasteiger partial charge >= 0.3 is 0 Å². The fourth-order valence-electron chi connectivity index (χ4n) is 3.13. The Labute approximate surface area is 175 Å². The third-order valence-corrected chi connectivity index (χ3v) is 5.16. The van der Waals surface area contributed by atoms with Crippen LogP contribution in [-0.2, 0) is 11.2 Å². The van der Waals surface area contributed by atoms with Gasteiger partial charge in [-0.1, -0.05) is 36.7 Å². The van der Waals surface area contributed by atoms with Crippen LogP contribution in [-0.4, -0.2) is 18.1 Å². The Bertz CT molecular complexity index is 941. The summed E-state index contributed by atoms with van der Waals surface area (Å²) in [6, 6.07) is 12.8. The van der Waals surface area contributed by atoms with Crippen LogP contribution in [0.2, 0.25) is 5.02 Å². The minimum absolute atomic E-state index is 0.207. The van der Waals surface area contributed by atoms with Crippen LogP contribution in [0.25, 0.3) is 0 Å². The van der Waals surface area contributed by atoms with Crippen LogP contribution in [0.3, 0.4) is 0 Å². The van der Waals surface area contributed by atoms with E-state index in [1.165, 1.54) is 5.56 Å². The molecule has 1 heterocycles. The van der Waals surface area contributed by atoms with Gasteiger partial charge in [0.1, 0.15) is 5.75 Å². The van der Waals surface area contributed by atoms with Crippen molar-refractivity contribution in [2.45, 2.75) is 26.3 Å². The van der Waals surface area contributed by atoms with Gasteiger partial charge in [-0.05, 0) is 61.0 Å². The fourth-order valence-corrected chi connectivity index (χ4v) is 3.67. The Balaban J connectivity index is 1.92. The molecule has 28 heavy (non-hydrogen) atoms. The molecule has 0 fully saturated rings. The largest absolute Gasteiger partial charge is 0.495 e. The van der Waals surface area contributed by atoms with Gasteiger partial charge < -0.3 is 20.7 Å². The van der Waals surface area contributed by atoms with Gasteiger partial charge in [0.25, 0.3) is 5.91 Å². The van der Waals surface area contributed by atoms with Crippen molar-refractivity contribution in [3.63, 3.8) is 0 Å². The lowest BCUT2D eigenvalue weighted by Gasteiger charge is -2.30. The van der Waals surface area contributed by atoms with Crippen LogP contribution in [0.4, 0.5) is 5.69 Å². The highest BCUT2D eigenvalue weighted by Gasteiger charge is 2.30. The Kier molecular flexibility index (Phi) is 6.21. The van der Waals surface area contributed by atoms with Crippen molar-refractivity contribution in [1.82, 2.24) is 10.6 Å². The first-order valence-electron chi connectivity index (χ1n) is 8.95. The van der Waals surface area contributed by atoms with E-state index >= 15 is 0 Å². The number of benzene rings is 2. The molecule has 0 spiro atoms. The van der Waals surface area contributed by atoms with Crippen LogP contribution >= 0.6 is 23.8 Å². The minimum atomic E-state index is -0.424. The van der Waals surface area contributed by atoms with E-state index in [2.05, 4.69) is 22.9 Å². The monoisotopic (exact) mass is 415 g/mol. The summed E-state index contributed by atoms with van der Waals surface area (Å²) >= 11 is 11.6. The summed E-state index contributed by atoms with van der Waals surface area (Å²) < 4.78 is 5.22. The number of anilines is 1. The lowest BCUT2D eigenvalue weighted by atomic mass is 9.94. The molecule has 3 rings (SSSR count). The van der Waals surface area contributed by atoms with Crippen LogP contribution in [0, 0.1) is 0 Å². The van der Waals surface area contributed by atoms with Gasteiger partial charge in [-0.3, -0.25) is 4.79 Å². The molecule has 0 saturated heterocycles. The molecular weight excluding hydrogens is 394 g/mol. The summed E-state index contributed by atoms with van der Waals surface area (Å²) in [5.74, 6) is 0.367. The number of nitrogens with one attached hydrogen (secondary N) is 3. The average Bonchev–Trinajstić information content (AvgIpc) is 2.67. The van der Waals surface area contributed by atoms with E-state index in [9.17, 15) is 4.79 Å². The quantitative estimate of drug-likeness (QED) is 0.634. The topological polar surface area (TPSA) is 62.4 Å². The predicted octanol–water partition coefficient (Wildman–Crippen LogP) is 4.34. The van der Waals surface area contributed by atoms with E-state index in [4.69, 9.17) is 28.6 Å². The predicted molar refractivity (Wildman–Crippen MR) is 117 cm³/mol. The molecule has 5 nitrogen and oxygen atoms in total. The molecule has 1 aliphatic rings. The maximum atomic E-state index is 13.1. The van der Waals surface area contributed by atoms with Crippen LogP contribution in [0.15, 0.2) is 53.7 Å². The molecule has 1 aliphatic heterocycles. The normalized spacial score (nSPS) is 16.3. The molecule has 0 bridgehead atoms. The molecule has 2 aromatic rings. The van der Waals surface area contributed by atoms with Gasteiger partial charge in [-0.25, -0.2) is 0 Å². The molecular formula is C21H22ClN3O2S. The van der Waals surface area contributed by atoms with E-state index in [1.54, 1.807) is 19.2 Å². The highest BCUT2D eigenvalue weighted by atomic mass is 35.5. The van der Waals surface area contributed by atoms with Gasteiger partial charge in [-0.2, -0.15) is 0 Å². The highest BCUT2D eigenvalue weighted by molar-refractivity contribution is 7.80. The average molecular weight is 416 g/mol. The zero-order chi connectivity index (χ0) is 20.3. The highest BCUT2D eigenvalue weighted by Crippen LogP contribution is 2.33. The molecule has 1 atom stereocenters. The molecule has 0 saturated carbocycles. The number of carbonyl (C=O) groups excluding carboxylic acids is 1. The molecule has 1 amide bonds. The summed E-state index contributed by atoms with van der Waals surface area (Å²) in [5.41, 5.74) is 4.02. The molecule has 2 aromatic carbocycles. The summed E-state index contributed by atoms with van der Waals surface area (Å²) in [4.78, 5) is 13.1. The lowest BCUT2D eigenvalue weighted by Crippen LogP contribution is -2.45. The number of thiocarbonyl (C=S) groups is 1. The Morgan fingerprint density at radius 2 is 1.96 bits per heavy atom. The summed E-state index contributed by atoms with van der Waals surface area (Å²) in [6.07, 6.45) is 0.948. The van der Waals surface area contributed by atoms with E-state index in [0.29, 0.717) is 27.2 Å². The van der Waals surface area contributed by atoms with Crippen LogP contribution < -0.4 is 20.7 Å². The van der Waals surface area contributed by atoms with Crippen LogP contribution in [0.1, 0.15) is 31.0 Å². The van der Waals surface area contributed by atoms with Crippen molar-refractivity contribution >= 4 is 40.5 Å². The molecule has 146 valence electrons. The number of carbonyl (C=O) groups is 1.